The van der Waals surface area contributed by atoms with Gasteiger partial charge in [-0.05, 0) is 30.5 Å². The lowest BCUT2D eigenvalue weighted by Gasteiger charge is -2.08. The second kappa shape index (κ2) is 6.76. The first-order valence-electron chi connectivity index (χ1n) is 7.44. The number of hydrogen-bond donors (Lipinski definition) is 3. The van der Waals surface area contributed by atoms with Crippen LogP contribution in [0.5, 0.6) is 0 Å². The van der Waals surface area contributed by atoms with Gasteiger partial charge in [0, 0.05) is 12.6 Å². The number of H-pyrrole nitrogens is 1. The largest absolute Gasteiger partial charge is 0.343 e. The molecule has 0 radical (unpaired) electrons. The van der Waals surface area contributed by atoms with E-state index in [1.807, 2.05) is 6.07 Å². The van der Waals surface area contributed by atoms with E-state index in [1.165, 1.54) is 0 Å². The summed E-state index contributed by atoms with van der Waals surface area (Å²) in [7, 11) is 0. The highest BCUT2D eigenvalue weighted by molar-refractivity contribution is 6.31. The number of rotatable bonds is 5. The Balaban J connectivity index is 1.52. The molecule has 0 unspecified atom stereocenters. The van der Waals surface area contributed by atoms with Crippen LogP contribution in [-0.4, -0.2) is 20.8 Å². The van der Waals surface area contributed by atoms with Crippen LogP contribution in [0.25, 0.3) is 0 Å². The predicted molar refractivity (Wildman–Crippen MR) is 86.4 cm³/mol. The SMILES string of the molecule is N#Cc1ccc(CNC(=O)NCc2n[nH]c(=O)n2C2CC2)cc1Cl. The fourth-order valence-electron chi connectivity index (χ4n) is 2.33. The third-order valence-corrected chi connectivity index (χ3v) is 4.02. The van der Waals surface area contributed by atoms with Gasteiger partial charge in [-0.2, -0.15) is 10.4 Å². The van der Waals surface area contributed by atoms with Gasteiger partial charge in [-0.25, -0.2) is 14.7 Å². The quantitative estimate of drug-likeness (QED) is 0.759. The van der Waals surface area contributed by atoms with Gasteiger partial charge in [-0.3, -0.25) is 4.57 Å². The van der Waals surface area contributed by atoms with Gasteiger partial charge >= 0.3 is 11.7 Å². The van der Waals surface area contributed by atoms with Gasteiger partial charge in [-0.15, -0.1) is 0 Å². The van der Waals surface area contributed by atoms with Crippen molar-refractivity contribution in [3.05, 3.63) is 50.7 Å². The Morgan fingerprint density at radius 3 is 2.83 bits per heavy atom. The van der Waals surface area contributed by atoms with Crippen LogP contribution in [0, 0.1) is 11.3 Å². The molecule has 8 nitrogen and oxygen atoms in total. The number of nitrogens with zero attached hydrogens (tertiary/aromatic N) is 3. The van der Waals surface area contributed by atoms with Gasteiger partial charge < -0.3 is 10.6 Å². The molecule has 1 aliphatic carbocycles. The number of carbonyl (C=O) groups is 1. The van der Waals surface area contributed by atoms with E-state index >= 15 is 0 Å². The first-order chi connectivity index (χ1) is 11.6. The van der Waals surface area contributed by atoms with Crippen molar-refractivity contribution >= 4 is 17.6 Å². The summed E-state index contributed by atoms with van der Waals surface area (Å²) in [6, 6.07) is 6.76. The molecule has 0 saturated heterocycles. The van der Waals surface area contributed by atoms with Gasteiger partial charge in [0.1, 0.15) is 6.07 Å². The molecule has 1 aromatic carbocycles. The van der Waals surface area contributed by atoms with Crippen molar-refractivity contribution in [1.29, 1.82) is 5.26 Å². The minimum Gasteiger partial charge on any atom is -0.334 e. The molecule has 1 heterocycles. The van der Waals surface area contributed by atoms with E-state index in [1.54, 1.807) is 22.8 Å². The minimum atomic E-state index is -0.381. The molecular weight excluding hydrogens is 332 g/mol. The number of benzene rings is 1. The maximum Gasteiger partial charge on any atom is 0.343 e. The molecule has 1 aliphatic rings. The number of aromatic amines is 1. The van der Waals surface area contributed by atoms with E-state index < -0.39 is 0 Å². The van der Waals surface area contributed by atoms with Gasteiger partial charge in [-0.1, -0.05) is 17.7 Å². The van der Waals surface area contributed by atoms with Crippen molar-refractivity contribution in [1.82, 2.24) is 25.4 Å². The third kappa shape index (κ3) is 3.58. The number of aromatic nitrogens is 3. The summed E-state index contributed by atoms with van der Waals surface area (Å²) < 4.78 is 1.58. The van der Waals surface area contributed by atoms with Crippen LogP contribution >= 0.6 is 11.6 Å². The number of carbonyl (C=O) groups excluding carboxylic acids is 1. The molecule has 1 aromatic heterocycles. The van der Waals surface area contributed by atoms with E-state index in [9.17, 15) is 9.59 Å². The molecule has 3 N–H and O–H groups in total. The molecule has 9 heteroatoms. The van der Waals surface area contributed by atoms with Crippen LogP contribution in [-0.2, 0) is 13.1 Å². The van der Waals surface area contributed by atoms with Gasteiger partial charge in [0.25, 0.3) is 0 Å². The Labute approximate surface area is 142 Å². The number of halogens is 1. The van der Waals surface area contributed by atoms with E-state index in [4.69, 9.17) is 16.9 Å². The normalized spacial score (nSPS) is 13.3. The second-order valence-electron chi connectivity index (χ2n) is 5.51. The van der Waals surface area contributed by atoms with Crippen molar-refractivity contribution in [2.45, 2.75) is 32.0 Å². The van der Waals surface area contributed by atoms with Crippen LogP contribution < -0.4 is 16.3 Å². The van der Waals surface area contributed by atoms with Gasteiger partial charge in [0.2, 0.25) is 0 Å². The van der Waals surface area contributed by atoms with E-state index in [0.717, 1.165) is 18.4 Å². The maximum atomic E-state index is 11.9. The van der Waals surface area contributed by atoms with Crippen LogP contribution in [0.1, 0.15) is 35.8 Å². The average Bonchev–Trinajstić information content (AvgIpc) is 3.34. The zero-order valence-electron chi connectivity index (χ0n) is 12.7. The van der Waals surface area contributed by atoms with Crippen molar-refractivity contribution in [3.63, 3.8) is 0 Å². The first kappa shape index (κ1) is 16.1. The zero-order valence-corrected chi connectivity index (χ0v) is 13.4. The maximum absolute atomic E-state index is 11.9. The van der Waals surface area contributed by atoms with Crippen LogP contribution in [0.4, 0.5) is 4.79 Å². The van der Waals surface area contributed by atoms with Crippen LogP contribution in [0.15, 0.2) is 23.0 Å². The van der Waals surface area contributed by atoms with Gasteiger partial charge in [0.05, 0.1) is 17.1 Å². The molecular formula is C15H15ClN6O2. The Bertz CT molecular complexity index is 862. The molecule has 124 valence electrons. The van der Waals surface area contributed by atoms with E-state index in [0.29, 0.717) is 16.4 Å². The molecule has 3 rings (SSSR count). The highest BCUT2D eigenvalue weighted by Gasteiger charge is 2.28. The Morgan fingerprint density at radius 2 is 2.17 bits per heavy atom. The number of hydrogen-bond acceptors (Lipinski definition) is 4. The second-order valence-corrected chi connectivity index (χ2v) is 5.92. The molecule has 24 heavy (non-hydrogen) atoms. The first-order valence-corrected chi connectivity index (χ1v) is 7.82. The summed E-state index contributed by atoms with van der Waals surface area (Å²) in [5, 5.41) is 20.9. The standard InChI is InChI=1S/C15H15ClN6O2/c16-12-5-9(1-2-10(12)6-17)7-18-14(23)19-8-13-20-21-15(24)22(13)11-3-4-11/h1-2,5,11H,3-4,7-8H2,(H,21,24)(H2,18,19,23). The molecule has 0 spiro atoms. The lowest BCUT2D eigenvalue weighted by Crippen LogP contribution is -2.35. The molecule has 0 aliphatic heterocycles. The molecule has 1 saturated carbocycles. The van der Waals surface area contributed by atoms with Crippen LogP contribution in [0.3, 0.4) is 0 Å². The minimum absolute atomic E-state index is 0.162. The average molecular weight is 347 g/mol. The fraction of sp³-hybridized carbons (Fsp3) is 0.333. The number of nitrogens with one attached hydrogen (secondary N) is 3. The molecule has 1 fully saturated rings. The smallest absolute Gasteiger partial charge is 0.334 e. The summed E-state index contributed by atoms with van der Waals surface area (Å²) >= 11 is 5.95. The van der Waals surface area contributed by atoms with Crippen molar-refractivity contribution < 1.29 is 4.79 Å². The summed E-state index contributed by atoms with van der Waals surface area (Å²) in [6.07, 6.45) is 1.91. The van der Waals surface area contributed by atoms with Crippen molar-refractivity contribution in [2.75, 3.05) is 0 Å². The number of amides is 2. The lowest BCUT2D eigenvalue weighted by molar-refractivity contribution is 0.239. The predicted octanol–water partition coefficient (Wildman–Crippen LogP) is 1.43. The number of nitriles is 1. The van der Waals surface area contributed by atoms with E-state index in [2.05, 4.69) is 20.8 Å². The monoisotopic (exact) mass is 346 g/mol. The lowest BCUT2D eigenvalue weighted by atomic mass is 10.1. The Morgan fingerprint density at radius 1 is 1.42 bits per heavy atom. The highest BCUT2D eigenvalue weighted by Crippen LogP contribution is 2.33. The summed E-state index contributed by atoms with van der Waals surface area (Å²) in [5.41, 5.74) is 0.923. The molecule has 0 bridgehead atoms. The summed E-state index contributed by atoms with van der Waals surface area (Å²) in [4.78, 5) is 23.5. The molecule has 2 aromatic rings. The summed E-state index contributed by atoms with van der Waals surface area (Å²) in [6.45, 7) is 0.433. The fourth-order valence-corrected chi connectivity index (χ4v) is 2.58. The van der Waals surface area contributed by atoms with Gasteiger partial charge in [0.15, 0.2) is 5.82 Å². The molecule has 0 atom stereocenters. The molecule has 2 amide bonds. The van der Waals surface area contributed by atoms with E-state index in [-0.39, 0.29) is 30.9 Å². The highest BCUT2D eigenvalue weighted by atomic mass is 35.5. The Kier molecular flexibility index (Phi) is 4.53. The topological polar surface area (TPSA) is 116 Å². The third-order valence-electron chi connectivity index (χ3n) is 3.70. The van der Waals surface area contributed by atoms with Crippen molar-refractivity contribution in [2.24, 2.45) is 0 Å². The van der Waals surface area contributed by atoms with Crippen LogP contribution in [0.2, 0.25) is 5.02 Å². The number of urea groups is 1. The summed E-state index contributed by atoms with van der Waals surface area (Å²) in [5.74, 6) is 0.513. The zero-order chi connectivity index (χ0) is 17.1. The van der Waals surface area contributed by atoms with Crippen molar-refractivity contribution in [3.8, 4) is 6.07 Å². The Hall–Kier alpha value is -2.79.